The number of rotatable bonds is 2. The van der Waals surface area contributed by atoms with Gasteiger partial charge in [0, 0.05) is 35.4 Å². The summed E-state index contributed by atoms with van der Waals surface area (Å²) in [7, 11) is -0.940. The molecule has 1 aromatic carbocycles. The number of halogens is 3. The fourth-order valence-corrected chi connectivity index (χ4v) is 3.09. The van der Waals surface area contributed by atoms with Gasteiger partial charge in [-0.3, -0.25) is 4.21 Å². The average molecular weight is 307 g/mol. The van der Waals surface area contributed by atoms with Crippen LogP contribution in [0.4, 0.5) is 18.9 Å². The van der Waals surface area contributed by atoms with Gasteiger partial charge < -0.3 is 10.0 Å². The normalized spacial score (nSPS) is 17.2. The van der Waals surface area contributed by atoms with Crippen LogP contribution in [-0.4, -0.2) is 39.9 Å². The van der Waals surface area contributed by atoms with E-state index in [0.717, 1.165) is 6.07 Å². The van der Waals surface area contributed by atoms with Crippen molar-refractivity contribution >= 4 is 22.5 Å². The second-order valence-electron chi connectivity index (χ2n) is 4.37. The van der Waals surface area contributed by atoms with Crippen LogP contribution in [0, 0.1) is 0 Å². The molecule has 0 saturated carbocycles. The Labute approximate surface area is 115 Å². The first-order valence-electron chi connectivity index (χ1n) is 5.83. The lowest BCUT2D eigenvalue weighted by Gasteiger charge is -2.29. The molecule has 20 heavy (non-hydrogen) atoms. The molecule has 1 saturated heterocycles. The minimum absolute atomic E-state index is 0.238. The number of benzene rings is 1. The summed E-state index contributed by atoms with van der Waals surface area (Å²) in [6, 6.07) is 2.68. The van der Waals surface area contributed by atoms with Crippen LogP contribution in [0.25, 0.3) is 0 Å². The largest absolute Gasteiger partial charge is 0.478 e. The molecule has 4 nitrogen and oxygen atoms in total. The number of aromatic carboxylic acids is 1. The zero-order chi connectivity index (χ0) is 14.9. The Morgan fingerprint density at radius 1 is 1.25 bits per heavy atom. The van der Waals surface area contributed by atoms with Crippen LogP contribution < -0.4 is 4.90 Å². The summed E-state index contributed by atoms with van der Waals surface area (Å²) < 4.78 is 49.1. The molecule has 0 atom stereocenters. The zero-order valence-electron chi connectivity index (χ0n) is 10.3. The van der Waals surface area contributed by atoms with Gasteiger partial charge in [-0.05, 0) is 18.2 Å². The van der Waals surface area contributed by atoms with E-state index < -0.39 is 28.5 Å². The molecule has 0 aromatic heterocycles. The number of alkyl halides is 3. The van der Waals surface area contributed by atoms with Gasteiger partial charge in [-0.15, -0.1) is 0 Å². The van der Waals surface area contributed by atoms with E-state index in [9.17, 15) is 22.2 Å². The van der Waals surface area contributed by atoms with Gasteiger partial charge in [0.15, 0.2) is 0 Å². The third kappa shape index (κ3) is 3.12. The van der Waals surface area contributed by atoms with Gasteiger partial charge in [0.05, 0.1) is 16.8 Å². The first-order valence-corrected chi connectivity index (χ1v) is 7.32. The van der Waals surface area contributed by atoms with Crippen molar-refractivity contribution in [3.63, 3.8) is 0 Å². The number of carboxylic acids is 1. The van der Waals surface area contributed by atoms with E-state index in [2.05, 4.69) is 0 Å². The molecule has 1 fully saturated rings. The number of nitrogens with zero attached hydrogens (tertiary/aromatic N) is 1. The molecule has 0 unspecified atom stereocenters. The predicted molar refractivity (Wildman–Crippen MR) is 68.5 cm³/mol. The molecule has 2 rings (SSSR count). The number of hydrogen-bond acceptors (Lipinski definition) is 3. The van der Waals surface area contributed by atoms with Crippen LogP contribution in [-0.2, 0) is 17.0 Å². The Balaban J connectivity index is 2.38. The summed E-state index contributed by atoms with van der Waals surface area (Å²) in [6.45, 7) is 0.747. The molecule has 0 amide bonds. The van der Waals surface area contributed by atoms with Crippen LogP contribution in [0.15, 0.2) is 18.2 Å². The standard InChI is InChI=1S/C12H12F3NO3S/c13-12(14,15)8-1-2-10(9(7-8)11(17)18)16-3-5-20(19)6-4-16/h1-2,7H,3-6H2,(H,17,18). The van der Waals surface area contributed by atoms with Crippen molar-refractivity contribution in [3.05, 3.63) is 29.3 Å². The highest BCUT2D eigenvalue weighted by Crippen LogP contribution is 2.33. The van der Waals surface area contributed by atoms with Crippen molar-refractivity contribution in [2.24, 2.45) is 0 Å². The lowest BCUT2D eigenvalue weighted by atomic mass is 10.1. The molecule has 0 bridgehead atoms. The molecule has 8 heteroatoms. The van der Waals surface area contributed by atoms with Gasteiger partial charge in [0.1, 0.15) is 0 Å². The highest BCUT2D eigenvalue weighted by molar-refractivity contribution is 7.85. The van der Waals surface area contributed by atoms with E-state index in [4.69, 9.17) is 5.11 Å². The molecule has 1 aromatic rings. The average Bonchev–Trinajstić information content (AvgIpc) is 2.38. The van der Waals surface area contributed by atoms with Gasteiger partial charge in [0.25, 0.3) is 0 Å². The Kier molecular flexibility index (Phi) is 4.03. The summed E-state index contributed by atoms with van der Waals surface area (Å²) in [5.41, 5.74) is -1.13. The topological polar surface area (TPSA) is 57.6 Å². The van der Waals surface area contributed by atoms with E-state index in [1.807, 2.05) is 0 Å². The summed E-state index contributed by atoms with van der Waals surface area (Å²) in [6.07, 6.45) is -4.58. The van der Waals surface area contributed by atoms with Crippen molar-refractivity contribution < 1.29 is 27.3 Å². The lowest BCUT2D eigenvalue weighted by molar-refractivity contribution is -0.137. The molecule has 0 spiro atoms. The Morgan fingerprint density at radius 2 is 1.85 bits per heavy atom. The third-order valence-corrected chi connectivity index (χ3v) is 4.35. The fourth-order valence-electron chi connectivity index (χ4n) is 2.04. The van der Waals surface area contributed by atoms with Crippen LogP contribution in [0.2, 0.25) is 0 Å². The molecule has 1 aliphatic heterocycles. The molecule has 110 valence electrons. The van der Waals surface area contributed by atoms with Crippen LogP contribution in [0.5, 0.6) is 0 Å². The molecule has 0 aliphatic carbocycles. The highest BCUT2D eigenvalue weighted by Gasteiger charge is 2.32. The summed E-state index contributed by atoms with van der Waals surface area (Å²) >= 11 is 0. The number of carbonyl (C=O) groups is 1. The molecular weight excluding hydrogens is 295 g/mol. The Morgan fingerprint density at radius 3 is 2.35 bits per heavy atom. The molecule has 1 N–H and O–H groups in total. The Bertz CT molecular complexity index is 549. The van der Waals surface area contributed by atoms with Gasteiger partial charge in [0.2, 0.25) is 0 Å². The second kappa shape index (κ2) is 5.43. The minimum Gasteiger partial charge on any atom is -0.478 e. The maximum Gasteiger partial charge on any atom is 0.416 e. The van der Waals surface area contributed by atoms with Gasteiger partial charge in [-0.25, -0.2) is 4.79 Å². The monoisotopic (exact) mass is 307 g/mol. The smallest absolute Gasteiger partial charge is 0.416 e. The van der Waals surface area contributed by atoms with Crippen LogP contribution >= 0.6 is 0 Å². The number of anilines is 1. The molecule has 1 heterocycles. The van der Waals surface area contributed by atoms with Gasteiger partial charge in [-0.1, -0.05) is 0 Å². The summed E-state index contributed by atoms with van der Waals surface area (Å²) in [4.78, 5) is 12.8. The summed E-state index contributed by atoms with van der Waals surface area (Å²) in [5, 5.41) is 9.08. The molecule has 1 aliphatic rings. The van der Waals surface area contributed by atoms with Crippen molar-refractivity contribution in [1.29, 1.82) is 0 Å². The van der Waals surface area contributed by atoms with Crippen molar-refractivity contribution in [2.75, 3.05) is 29.5 Å². The van der Waals surface area contributed by atoms with E-state index >= 15 is 0 Å². The summed E-state index contributed by atoms with van der Waals surface area (Å²) in [5.74, 6) is -0.627. The van der Waals surface area contributed by atoms with E-state index in [0.29, 0.717) is 30.7 Å². The van der Waals surface area contributed by atoms with Crippen molar-refractivity contribution in [3.8, 4) is 0 Å². The van der Waals surface area contributed by atoms with Crippen LogP contribution in [0.1, 0.15) is 15.9 Å². The van der Waals surface area contributed by atoms with Gasteiger partial charge >= 0.3 is 12.1 Å². The first-order chi connectivity index (χ1) is 9.29. The molecular formula is C12H12F3NO3S. The van der Waals surface area contributed by atoms with E-state index in [1.165, 1.54) is 6.07 Å². The second-order valence-corrected chi connectivity index (χ2v) is 6.07. The Hall–Kier alpha value is -1.57. The fraction of sp³-hybridized carbons (Fsp3) is 0.417. The van der Waals surface area contributed by atoms with Crippen molar-refractivity contribution in [2.45, 2.75) is 6.18 Å². The predicted octanol–water partition coefficient (Wildman–Crippen LogP) is 1.97. The SMILES string of the molecule is O=C(O)c1cc(C(F)(F)F)ccc1N1CCS(=O)CC1. The lowest BCUT2D eigenvalue weighted by Crippen LogP contribution is -2.38. The third-order valence-electron chi connectivity index (χ3n) is 3.07. The zero-order valence-corrected chi connectivity index (χ0v) is 11.1. The maximum absolute atomic E-state index is 12.6. The molecule has 0 radical (unpaired) electrons. The van der Waals surface area contributed by atoms with Crippen molar-refractivity contribution in [1.82, 2.24) is 0 Å². The van der Waals surface area contributed by atoms with Crippen LogP contribution in [0.3, 0.4) is 0 Å². The van der Waals surface area contributed by atoms with E-state index in [1.54, 1.807) is 4.90 Å². The quantitative estimate of drug-likeness (QED) is 0.907. The van der Waals surface area contributed by atoms with E-state index in [-0.39, 0.29) is 11.3 Å². The number of hydrogen-bond donors (Lipinski definition) is 1. The first kappa shape index (κ1) is 14.8. The highest BCUT2D eigenvalue weighted by atomic mass is 32.2. The maximum atomic E-state index is 12.6. The number of carboxylic acid groups (broad SMARTS) is 1. The minimum atomic E-state index is -4.58. The van der Waals surface area contributed by atoms with Gasteiger partial charge in [-0.2, -0.15) is 13.2 Å².